The van der Waals surface area contributed by atoms with Crippen LogP contribution in [0.5, 0.6) is 0 Å². The van der Waals surface area contributed by atoms with E-state index >= 15 is 0 Å². The predicted molar refractivity (Wildman–Crippen MR) is 62.6 cm³/mol. The maximum absolute atomic E-state index is 8.87. The molecule has 0 aliphatic heterocycles. The minimum Gasteiger partial charge on any atom is -0.300 e. The van der Waals surface area contributed by atoms with Crippen molar-refractivity contribution in [1.82, 2.24) is 15.1 Å². The lowest BCUT2D eigenvalue weighted by atomic mass is 10.3. The van der Waals surface area contributed by atoms with Crippen LogP contribution in [0.4, 0.5) is 0 Å². The fraction of sp³-hybridized carbons (Fsp3) is 0.556. The van der Waals surface area contributed by atoms with Crippen molar-refractivity contribution >= 4 is 22.6 Å². The van der Waals surface area contributed by atoms with Crippen LogP contribution in [0.15, 0.2) is 12.4 Å². The Kier molecular flexibility index (Phi) is 4.90. The Hall–Kier alpha value is -0.610. The van der Waals surface area contributed by atoms with E-state index < -0.39 is 0 Å². The van der Waals surface area contributed by atoms with Crippen LogP contribution < -0.4 is 5.32 Å². The minimum atomic E-state index is -0.148. The summed E-state index contributed by atoms with van der Waals surface area (Å²) in [6.07, 6.45) is 4.75. The molecule has 4 nitrogen and oxygen atoms in total. The van der Waals surface area contributed by atoms with Crippen LogP contribution in [-0.4, -0.2) is 22.4 Å². The molecule has 1 heterocycles. The number of halogens is 1. The SMILES string of the molecule is CCCNC(C#N)Cn1cc(I)cn1. The van der Waals surface area contributed by atoms with Crippen LogP contribution >= 0.6 is 22.6 Å². The highest BCUT2D eigenvalue weighted by Crippen LogP contribution is 2.01. The van der Waals surface area contributed by atoms with E-state index in [4.69, 9.17) is 5.26 Å². The normalized spacial score (nSPS) is 12.4. The first-order valence-corrected chi connectivity index (χ1v) is 5.65. The second-order valence-electron chi connectivity index (χ2n) is 3.02. The van der Waals surface area contributed by atoms with E-state index in [1.54, 1.807) is 10.9 Å². The molecule has 14 heavy (non-hydrogen) atoms. The van der Waals surface area contributed by atoms with E-state index in [-0.39, 0.29) is 6.04 Å². The van der Waals surface area contributed by atoms with Gasteiger partial charge in [0.1, 0.15) is 6.04 Å². The number of nitriles is 1. The molecule has 5 heteroatoms. The van der Waals surface area contributed by atoms with Gasteiger partial charge < -0.3 is 5.32 Å². The number of rotatable bonds is 5. The molecule has 1 unspecified atom stereocenters. The van der Waals surface area contributed by atoms with E-state index in [0.29, 0.717) is 6.54 Å². The van der Waals surface area contributed by atoms with E-state index in [1.807, 2.05) is 6.20 Å². The van der Waals surface area contributed by atoms with Crippen LogP contribution in [0.2, 0.25) is 0 Å². The molecular weight excluding hydrogens is 291 g/mol. The maximum Gasteiger partial charge on any atom is 0.115 e. The Morgan fingerprint density at radius 3 is 3.07 bits per heavy atom. The van der Waals surface area contributed by atoms with Crippen LogP contribution in [0, 0.1) is 14.9 Å². The highest BCUT2D eigenvalue weighted by molar-refractivity contribution is 14.1. The van der Waals surface area contributed by atoms with Crippen LogP contribution in [0.3, 0.4) is 0 Å². The fourth-order valence-corrected chi connectivity index (χ4v) is 1.54. The monoisotopic (exact) mass is 304 g/mol. The number of aromatic nitrogens is 2. The number of hydrogen-bond acceptors (Lipinski definition) is 3. The van der Waals surface area contributed by atoms with Gasteiger partial charge in [-0.2, -0.15) is 10.4 Å². The van der Waals surface area contributed by atoms with Crippen molar-refractivity contribution in [3.05, 3.63) is 16.0 Å². The second kappa shape index (κ2) is 5.98. The first-order valence-electron chi connectivity index (χ1n) is 4.57. The zero-order valence-electron chi connectivity index (χ0n) is 8.07. The second-order valence-corrected chi connectivity index (χ2v) is 4.26. The van der Waals surface area contributed by atoms with Crippen molar-refractivity contribution in [1.29, 1.82) is 5.26 Å². The van der Waals surface area contributed by atoms with Crippen molar-refractivity contribution in [2.75, 3.05) is 6.54 Å². The molecule has 1 aromatic rings. The molecule has 0 spiro atoms. The largest absolute Gasteiger partial charge is 0.300 e. The first kappa shape index (κ1) is 11.5. The molecule has 1 atom stereocenters. The van der Waals surface area contributed by atoms with Crippen molar-refractivity contribution < 1.29 is 0 Å². The van der Waals surface area contributed by atoms with Gasteiger partial charge in [0.25, 0.3) is 0 Å². The molecule has 0 radical (unpaired) electrons. The smallest absolute Gasteiger partial charge is 0.115 e. The van der Waals surface area contributed by atoms with Gasteiger partial charge >= 0.3 is 0 Å². The molecule has 0 saturated carbocycles. The van der Waals surface area contributed by atoms with Crippen LogP contribution in [0.1, 0.15) is 13.3 Å². The van der Waals surface area contributed by atoms with E-state index in [2.05, 4.69) is 46.0 Å². The molecule has 0 amide bonds. The van der Waals surface area contributed by atoms with E-state index in [1.165, 1.54) is 0 Å². The number of hydrogen-bond donors (Lipinski definition) is 1. The standard InChI is InChI=1S/C9H13IN4/c1-2-3-12-9(4-11)7-14-6-8(10)5-13-14/h5-6,9,12H,2-3,7H2,1H3. The summed E-state index contributed by atoms with van der Waals surface area (Å²) in [4.78, 5) is 0. The maximum atomic E-state index is 8.87. The average Bonchev–Trinajstić information content (AvgIpc) is 2.58. The predicted octanol–water partition coefficient (Wildman–Crippen LogP) is 1.38. The molecule has 0 aliphatic rings. The molecule has 0 aromatic carbocycles. The zero-order chi connectivity index (χ0) is 10.4. The lowest BCUT2D eigenvalue weighted by molar-refractivity contribution is 0.491. The highest BCUT2D eigenvalue weighted by Gasteiger charge is 2.06. The van der Waals surface area contributed by atoms with Crippen molar-refractivity contribution in [3.8, 4) is 6.07 Å². The summed E-state index contributed by atoms with van der Waals surface area (Å²) in [6, 6.07) is 2.07. The molecule has 0 bridgehead atoms. The summed E-state index contributed by atoms with van der Waals surface area (Å²) in [5.74, 6) is 0. The first-order chi connectivity index (χ1) is 6.76. The van der Waals surface area contributed by atoms with Gasteiger partial charge in [-0.05, 0) is 35.6 Å². The number of nitrogens with one attached hydrogen (secondary N) is 1. The lowest BCUT2D eigenvalue weighted by Gasteiger charge is -2.10. The van der Waals surface area contributed by atoms with Gasteiger partial charge in [0.2, 0.25) is 0 Å². The Morgan fingerprint density at radius 1 is 1.79 bits per heavy atom. The van der Waals surface area contributed by atoms with Gasteiger partial charge in [-0.15, -0.1) is 0 Å². The van der Waals surface area contributed by atoms with Gasteiger partial charge in [0.15, 0.2) is 0 Å². The van der Waals surface area contributed by atoms with E-state index in [9.17, 15) is 0 Å². The van der Waals surface area contributed by atoms with Crippen molar-refractivity contribution in [3.63, 3.8) is 0 Å². The summed E-state index contributed by atoms with van der Waals surface area (Å²) in [5.41, 5.74) is 0. The van der Waals surface area contributed by atoms with Gasteiger partial charge in [-0.3, -0.25) is 4.68 Å². The molecule has 0 aliphatic carbocycles. The van der Waals surface area contributed by atoms with Crippen molar-refractivity contribution in [2.24, 2.45) is 0 Å². The topological polar surface area (TPSA) is 53.6 Å². The van der Waals surface area contributed by atoms with Gasteiger partial charge in [-0.1, -0.05) is 6.92 Å². The Balaban J connectivity index is 2.45. The van der Waals surface area contributed by atoms with Crippen LogP contribution in [0.25, 0.3) is 0 Å². The third-order valence-electron chi connectivity index (χ3n) is 1.77. The number of nitrogens with zero attached hydrogens (tertiary/aromatic N) is 3. The molecule has 1 rings (SSSR count). The highest BCUT2D eigenvalue weighted by atomic mass is 127. The molecule has 1 N–H and O–H groups in total. The summed E-state index contributed by atoms with van der Waals surface area (Å²) in [6.45, 7) is 3.56. The van der Waals surface area contributed by atoms with E-state index in [0.717, 1.165) is 16.5 Å². The summed E-state index contributed by atoms with van der Waals surface area (Å²) in [5, 5.41) is 16.1. The molecule has 76 valence electrons. The quantitative estimate of drug-likeness (QED) is 0.836. The lowest BCUT2D eigenvalue weighted by Crippen LogP contribution is -2.32. The molecule has 1 aromatic heterocycles. The minimum absolute atomic E-state index is 0.148. The molecule has 0 saturated heterocycles. The Bertz CT molecular complexity index is 315. The zero-order valence-corrected chi connectivity index (χ0v) is 10.2. The Morgan fingerprint density at radius 2 is 2.57 bits per heavy atom. The summed E-state index contributed by atoms with van der Waals surface area (Å²) < 4.78 is 2.88. The third-order valence-corrected chi connectivity index (χ3v) is 2.33. The van der Waals surface area contributed by atoms with Gasteiger partial charge in [-0.25, -0.2) is 0 Å². The molecular formula is C9H13IN4. The van der Waals surface area contributed by atoms with Gasteiger partial charge in [0, 0.05) is 6.20 Å². The fourth-order valence-electron chi connectivity index (χ4n) is 1.09. The average molecular weight is 304 g/mol. The van der Waals surface area contributed by atoms with Crippen molar-refractivity contribution in [2.45, 2.75) is 25.9 Å². The molecule has 0 fully saturated rings. The third kappa shape index (κ3) is 3.64. The van der Waals surface area contributed by atoms with Crippen LogP contribution in [-0.2, 0) is 6.54 Å². The van der Waals surface area contributed by atoms with Gasteiger partial charge in [0.05, 0.1) is 22.4 Å². The Labute approximate surface area is 97.4 Å². The summed E-state index contributed by atoms with van der Waals surface area (Å²) in [7, 11) is 0. The summed E-state index contributed by atoms with van der Waals surface area (Å²) >= 11 is 2.20.